The van der Waals surface area contributed by atoms with Gasteiger partial charge in [-0.2, -0.15) is 5.10 Å². The Morgan fingerprint density at radius 1 is 1.37 bits per heavy atom. The van der Waals surface area contributed by atoms with Crippen LogP contribution in [0.2, 0.25) is 0 Å². The Balaban J connectivity index is 2.23. The Hall–Kier alpha value is -1.92. The average molecular weight is 267 g/mol. The average Bonchev–Trinajstić information content (AvgIpc) is 2.75. The molecule has 2 aliphatic heterocycles. The molecule has 19 heavy (non-hydrogen) atoms. The molecule has 2 aliphatic rings. The minimum Gasteiger partial charge on any atom is -0.480 e. The monoisotopic (exact) mass is 267 g/mol. The maximum absolute atomic E-state index is 12.4. The number of likely N-dealkylation sites (tertiary alicyclic amines) is 1. The van der Waals surface area contributed by atoms with E-state index in [2.05, 4.69) is 5.10 Å². The molecule has 1 unspecified atom stereocenters. The molecule has 0 aromatic carbocycles. The predicted molar refractivity (Wildman–Crippen MR) is 66.4 cm³/mol. The standard InChI is InChI=1S/C12H17N3O4/c1-12(11(18)19)6-3-7-15(12)10(17)8-4-5-9(16)14(2)13-8/h3-7H2,1-2H3,(H,18,19). The molecule has 104 valence electrons. The van der Waals surface area contributed by atoms with E-state index in [1.807, 2.05) is 0 Å². The Labute approximate surface area is 110 Å². The van der Waals surface area contributed by atoms with Gasteiger partial charge in [-0.05, 0) is 19.8 Å². The number of hydrogen-bond donors (Lipinski definition) is 1. The third-order valence-corrected chi connectivity index (χ3v) is 3.80. The first-order chi connectivity index (χ1) is 8.86. The molecular formula is C12H17N3O4. The van der Waals surface area contributed by atoms with Crippen molar-refractivity contribution in [2.24, 2.45) is 5.10 Å². The van der Waals surface area contributed by atoms with Crippen molar-refractivity contribution in [2.75, 3.05) is 13.6 Å². The molecule has 0 radical (unpaired) electrons. The van der Waals surface area contributed by atoms with Crippen LogP contribution in [-0.2, 0) is 14.4 Å². The number of carboxylic acid groups (broad SMARTS) is 1. The van der Waals surface area contributed by atoms with Crippen LogP contribution in [0.15, 0.2) is 5.10 Å². The number of rotatable bonds is 2. The molecule has 0 saturated carbocycles. The first-order valence-electron chi connectivity index (χ1n) is 6.25. The van der Waals surface area contributed by atoms with Crippen LogP contribution in [0.5, 0.6) is 0 Å². The van der Waals surface area contributed by atoms with Gasteiger partial charge in [0.05, 0.1) is 0 Å². The van der Waals surface area contributed by atoms with Gasteiger partial charge in [0.15, 0.2) is 0 Å². The van der Waals surface area contributed by atoms with Gasteiger partial charge in [-0.15, -0.1) is 0 Å². The second-order valence-electron chi connectivity index (χ2n) is 5.10. The minimum atomic E-state index is -1.17. The van der Waals surface area contributed by atoms with E-state index < -0.39 is 11.5 Å². The van der Waals surface area contributed by atoms with E-state index in [0.717, 1.165) is 5.01 Å². The smallest absolute Gasteiger partial charge is 0.329 e. The molecule has 2 heterocycles. The van der Waals surface area contributed by atoms with Crippen LogP contribution in [-0.4, -0.2) is 57.6 Å². The van der Waals surface area contributed by atoms with E-state index in [1.54, 1.807) is 6.92 Å². The van der Waals surface area contributed by atoms with Crippen molar-refractivity contribution in [3.05, 3.63) is 0 Å². The molecular weight excluding hydrogens is 250 g/mol. The van der Waals surface area contributed by atoms with Crippen LogP contribution >= 0.6 is 0 Å². The van der Waals surface area contributed by atoms with E-state index >= 15 is 0 Å². The lowest BCUT2D eigenvalue weighted by Crippen LogP contribution is -2.53. The summed E-state index contributed by atoms with van der Waals surface area (Å²) < 4.78 is 0. The van der Waals surface area contributed by atoms with Crippen molar-refractivity contribution in [1.29, 1.82) is 0 Å². The zero-order valence-corrected chi connectivity index (χ0v) is 11.0. The Bertz CT molecular complexity index is 474. The summed E-state index contributed by atoms with van der Waals surface area (Å²) in [6.45, 7) is 1.97. The molecule has 2 amide bonds. The van der Waals surface area contributed by atoms with Crippen molar-refractivity contribution >= 4 is 23.5 Å². The van der Waals surface area contributed by atoms with E-state index in [4.69, 9.17) is 0 Å². The molecule has 0 aromatic rings. The van der Waals surface area contributed by atoms with E-state index in [-0.39, 0.29) is 30.4 Å². The quantitative estimate of drug-likeness (QED) is 0.766. The van der Waals surface area contributed by atoms with Gasteiger partial charge in [0, 0.05) is 26.4 Å². The van der Waals surface area contributed by atoms with Crippen molar-refractivity contribution in [3.63, 3.8) is 0 Å². The highest BCUT2D eigenvalue weighted by atomic mass is 16.4. The summed E-state index contributed by atoms with van der Waals surface area (Å²) >= 11 is 0. The van der Waals surface area contributed by atoms with Crippen molar-refractivity contribution in [3.8, 4) is 0 Å². The van der Waals surface area contributed by atoms with Gasteiger partial charge in [0.2, 0.25) is 5.91 Å². The van der Waals surface area contributed by atoms with E-state index in [0.29, 0.717) is 19.4 Å². The third kappa shape index (κ3) is 2.20. The van der Waals surface area contributed by atoms with E-state index in [1.165, 1.54) is 11.9 Å². The predicted octanol–water partition coefficient (Wildman–Crippen LogP) is 0.0603. The lowest BCUT2D eigenvalue weighted by atomic mass is 9.98. The third-order valence-electron chi connectivity index (χ3n) is 3.80. The number of carbonyl (C=O) groups excluding carboxylic acids is 2. The summed E-state index contributed by atoms with van der Waals surface area (Å²) in [6.07, 6.45) is 1.61. The fourth-order valence-corrected chi connectivity index (χ4v) is 2.49. The number of hydrazone groups is 1. The van der Waals surface area contributed by atoms with Gasteiger partial charge in [0.25, 0.3) is 5.91 Å². The molecule has 0 bridgehead atoms. The number of carboxylic acids is 1. The molecule has 0 aliphatic carbocycles. The molecule has 0 spiro atoms. The van der Waals surface area contributed by atoms with Crippen molar-refractivity contribution < 1.29 is 19.5 Å². The molecule has 1 atom stereocenters. The van der Waals surface area contributed by atoms with Gasteiger partial charge in [-0.3, -0.25) is 9.59 Å². The first-order valence-corrected chi connectivity index (χ1v) is 6.25. The summed E-state index contributed by atoms with van der Waals surface area (Å²) in [4.78, 5) is 36.4. The topological polar surface area (TPSA) is 90.3 Å². The first kappa shape index (κ1) is 13.5. The Kier molecular flexibility index (Phi) is 3.30. The molecule has 1 saturated heterocycles. The van der Waals surface area contributed by atoms with Crippen LogP contribution in [0, 0.1) is 0 Å². The lowest BCUT2D eigenvalue weighted by molar-refractivity contribution is -0.153. The van der Waals surface area contributed by atoms with Gasteiger partial charge in [0.1, 0.15) is 11.3 Å². The summed E-state index contributed by atoms with van der Waals surface area (Å²) in [5, 5.41) is 14.4. The minimum absolute atomic E-state index is 0.140. The fraction of sp³-hybridized carbons (Fsp3) is 0.667. The number of hydrogen-bond acceptors (Lipinski definition) is 4. The largest absolute Gasteiger partial charge is 0.480 e. The second-order valence-corrected chi connectivity index (χ2v) is 5.10. The lowest BCUT2D eigenvalue weighted by Gasteiger charge is -2.32. The van der Waals surface area contributed by atoms with Crippen molar-refractivity contribution in [1.82, 2.24) is 9.91 Å². The molecule has 2 rings (SSSR count). The zero-order chi connectivity index (χ0) is 14.2. The van der Waals surface area contributed by atoms with Gasteiger partial charge in [-0.1, -0.05) is 0 Å². The van der Waals surface area contributed by atoms with E-state index in [9.17, 15) is 19.5 Å². The highest BCUT2D eigenvalue weighted by Gasteiger charge is 2.47. The zero-order valence-electron chi connectivity index (χ0n) is 11.0. The van der Waals surface area contributed by atoms with Crippen LogP contribution in [0.3, 0.4) is 0 Å². The van der Waals surface area contributed by atoms with Gasteiger partial charge < -0.3 is 10.0 Å². The van der Waals surface area contributed by atoms with Crippen LogP contribution in [0.4, 0.5) is 0 Å². The van der Waals surface area contributed by atoms with Crippen molar-refractivity contribution in [2.45, 2.75) is 38.1 Å². The number of aliphatic carboxylic acids is 1. The normalized spacial score (nSPS) is 27.5. The van der Waals surface area contributed by atoms with Gasteiger partial charge >= 0.3 is 5.97 Å². The fourth-order valence-electron chi connectivity index (χ4n) is 2.49. The number of carbonyl (C=O) groups is 3. The van der Waals surface area contributed by atoms with Crippen LogP contribution in [0.25, 0.3) is 0 Å². The molecule has 1 N–H and O–H groups in total. The second kappa shape index (κ2) is 4.64. The summed E-state index contributed by atoms with van der Waals surface area (Å²) in [5.74, 6) is -1.51. The molecule has 1 fully saturated rings. The Morgan fingerprint density at radius 2 is 2.05 bits per heavy atom. The summed E-state index contributed by atoms with van der Waals surface area (Å²) in [6, 6.07) is 0. The highest BCUT2D eigenvalue weighted by Crippen LogP contribution is 2.30. The number of nitrogens with zero attached hydrogens (tertiary/aromatic N) is 3. The van der Waals surface area contributed by atoms with Gasteiger partial charge in [-0.25, -0.2) is 9.80 Å². The maximum Gasteiger partial charge on any atom is 0.329 e. The highest BCUT2D eigenvalue weighted by molar-refractivity contribution is 6.40. The molecule has 0 aromatic heterocycles. The molecule has 7 nitrogen and oxygen atoms in total. The van der Waals surface area contributed by atoms with Crippen LogP contribution < -0.4 is 0 Å². The maximum atomic E-state index is 12.4. The SMILES string of the molecule is CN1N=C(C(=O)N2CCCC2(C)C(=O)O)CCC1=O. The molecule has 7 heteroatoms. The Morgan fingerprint density at radius 3 is 2.63 bits per heavy atom. The summed E-state index contributed by atoms with van der Waals surface area (Å²) in [5.41, 5.74) is -0.906. The van der Waals surface area contributed by atoms with Crippen LogP contribution in [0.1, 0.15) is 32.6 Å². The summed E-state index contributed by atoms with van der Waals surface area (Å²) in [7, 11) is 1.50. The number of amides is 2.